The second-order valence-corrected chi connectivity index (χ2v) is 6.89. The summed E-state index contributed by atoms with van der Waals surface area (Å²) < 4.78 is 16.9. The minimum atomic E-state index is -0.112. The summed E-state index contributed by atoms with van der Waals surface area (Å²) in [5, 5.41) is 13.4. The molecule has 2 aromatic rings. The molecule has 0 radical (unpaired) electrons. The number of nitrogens with zero attached hydrogens (tertiary/aromatic N) is 4. The molecule has 2 atom stereocenters. The molecule has 4 rings (SSSR count). The lowest BCUT2D eigenvalue weighted by Gasteiger charge is -2.37. The van der Waals surface area contributed by atoms with Gasteiger partial charge >= 0.3 is 0 Å². The van der Waals surface area contributed by atoms with Gasteiger partial charge in [0.05, 0.1) is 31.5 Å². The highest BCUT2D eigenvalue weighted by Crippen LogP contribution is 2.39. The van der Waals surface area contributed by atoms with E-state index in [4.69, 9.17) is 14.0 Å². The zero-order valence-electron chi connectivity index (χ0n) is 15.0. The van der Waals surface area contributed by atoms with Gasteiger partial charge in [-0.25, -0.2) is 0 Å². The lowest BCUT2D eigenvalue weighted by Crippen LogP contribution is -2.43. The van der Waals surface area contributed by atoms with Gasteiger partial charge in [-0.2, -0.15) is 10.2 Å². The average Bonchev–Trinajstić information content (AvgIpc) is 3.40. The summed E-state index contributed by atoms with van der Waals surface area (Å²) in [4.78, 5) is 6.89. The smallest absolute Gasteiger partial charge is 0.246 e. The number of benzene rings is 1. The van der Waals surface area contributed by atoms with E-state index in [0.29, 0.717) is 30.5 Å². The van der Waals surface area contributed by atoms with Crippen LogP contribution in [0.5, 0.6) is 5.75 Å². The van der Waals surface area contributed by atoms with Crippen molar-refractivity contribution in [1.82, 2.24) is 15.0 Å². The monoisotopic (exact) mass is 354 g/mol. The fourth-order valence-electron chi connectivity index (χ4n) is 3.48. The summed E-state index contributed by atoms with van der Waals surface area (Å²) in [5.74, 6) is 2.63. The van der Waals surface area contributed by atoms with Gasteiger partial charge in [0.1, 0.15) is 11.8 Å². The Morgan fingerprint density at radius 1 is 1.38 bits per heavy atom. The molecule has 0 bridgehead atoms. The molecule has 0 N–H and O–H groups in total. The number of hydrogen-bond acceptors (Lipinski definition) is 7. The minimum Gasteiger partial charge on any atom is -0.496 e. The van der Waals surface area contributed by atoms with E-state index in [1.165, 1.54) is 0 Å². The van der Waals surface area contributed by atoms with Gasteiger partial charge in [-0.1, -0.05) is 5.16 Å². The summed E-state index contributed by atoms with van der Waals surface area (Å²) in [7, 11) is 1.64. The molecule has 2 heterocycles. The van der Waals surface area contributed by atoms with Crippen molar-refractivity contribution < 1.29 is 14.0 Å². The predicted molar refractivity (Wildman–Crippen MR) is 92.5 cm³/mol. The first-order valence-electron chi connectivity index (χ1n) is 8.95. The third-order valence-corrected chi connectivity index (χ3v) is 5.03. The Labute approximate surface area is 152 Å². The van der Waals surface area contributed by atoms with Crippen LogP contribution in [0.2, 0.25) is 0 Å². The van der Waals surface area contributed by atoms with E-state index in [0.717, 1.165) is 36.5 Å². The first kappa shape index (κ1) is 17.0. The van der Waals surface area contributed by atoms with Gasteiger partial charge in [0, 0.05) is 24.6 Å². The van der Waals surface area contributed by atoms with Crippen molar-refractivity contribution in [2.45, 2.75) is 44.4 Å². The highest BCUT2D eigenvalue weighted by Gasteiger charge is 2.37. The molecule has 2 fully saturated rings. The molecule has 1 saturated carbocycles. The summed E-state index contributed by atoms with van der Waals surface area (Å²) in [6.45, 7) is 4.04. The van der Waals surface area contributed by atoms with E-state index in [9.17, 15) is 5.26 Å². The van der Waals surface area contributed by atoms with Crippen molar-refractivity contribution in [2.75, 3.05) is 20.3 Å². The maximum Gasteiger partial charge on any atom is 0.246 e. The van der Waals surface area contributed by atoms with Gasteiger partial charge in [-0.05, 0) is 38.0 Å². The molecule has 1 aromatic heterocycles. The zero-order valence-corrected chi connectivity index (χ0v) is 15.0. The number of rotatable bonds is 5. The van der Waals surface area contributed by atoms with Gasteiger partial charge in [0.15, 0.2) is 5.82 Å². The molecule has 0 unspecified atom stereocenters. The van der Waals surface area contributed by atoms with Crippen LogP contribution < -0.4 is 4.74 Å². The molecular weight excluding hydrogens is 332 g/mol. The lowest BCUT2D eigenvalue weighted by molar-refractivity contribution is -0.0764. The van der Waals surface area contributed by atoms with E-state index >= 15 is 0 Å². The second-order valence-electron chi connectivity index (χ2n) is 6.89. The number of nitriles is 1. The molecule has 7 heteroatoms. The maximum atomic E-state index is 9.21. The molecule has 7 nitrogen and oxygen atoms in total. The normalized spacial score (nSPS) is 23.6. The predicted octanol–water partition coefficient (Wildman–Crippen LogP) is 2.79. The van der Waals surface area contributed by atoms with Crippen molar-refractivity contribution in [2.24, 2.45) is 0 Å². The summed E-state index contributed by atoms with van der Waals surface area (Å²) in [6, 6.07) is 7.56. The van der Waals surface area contributed by atoms with Crippen molar-refractivity contribution in [3.8, 4) is 11.8 Å². The Bertz CT molecular complexity index is 824. The zero-order chi connectivity index (χ0) is 18.1. The van der Waals surface area contributed by atoms with Crippen LogP contribution in [0.1, 0.15) is 54.6 Å². The fourth-order valence-corrected chi connectivity index (χ4v) is 3.48. The van der Waals surface area contributed by atoms with Crippen LogP contribution in [-0.4, -0.2) is 41.4 Å². The topological polar surface area (TPSA) is 84.4 Å². The average molecular weight is 354 g/mol. The van der Waals surface area contributed by atoms with E-state index < -0.39 is 0 Å². The molecule has 136 valence electrons. The molecule has 0 spiro atoms. The van der Waals surface area contributed by atoms with Gasteiger partial charge in [-0.15, -0.1) is 0 Å². The number of morpholine rings is 1. The van der Waals surface area contributed by atoms with Gasteiger partial charge in [-0.3, -0.25) is 4.90 Å². The van der Waals surface area contributed by atoms with E-state index in [-0.39, 0.29) is 12.1 Å². The summed E-state index contributed by atoms with van der Waals surface area (Å²) in [6.07, 6.45) is 2.22. The van der Waals surface area contributed by atoms with E-state index in [1.54, 1.807) is 13.2 Å². The Hall–Kier alpha value is -2.43. The number of ether oxygens (including phenoxy) is 2. The molecule has 1 aliphatic carbocycles. The maximum absolute atomic E-state index is 9.21. The highest BCUT2D eigenvalue weighted by molar-refractivity contribution is 5.42. The van der Waals surface area contributed by atoms with Gasteiger partial charge in [0.2, 0.25) is 5.89 Å². The molecule has 26 heavy (non-hydrogen) atoms. The van der Waals surface area contributed by atoms with Crippen molar-refractivity contribution in [3.05, 3.63) is 41.0 Å². The highest BCUT2D eigenvalue weighted by atomic mass is 16.5. The third-order valence-electron chi connectivity index (χ3n) is 5.03. The third kappa shape index (κ3) is 3.30. The van der Waals surface area contributed by atoms with Gasteiger partial charge in [0.25, 0.3) is 0 Å². The Kier molecular flexibility index (Phi) is 4.62. The number of methoxy groups -OCH3 is 1. The molecule has 1 saturated heterocycles. The lowest BCUT2D eigenvalue weighted by atomic mass is 10.0. The number of hydrogen-bond donors (Lipinski definition) is 0. The molecule has 1 aromatic carbocycles. The summed E-state index contributed by atoms with van der Waals surface area (Å²) >= 11 is 0. The second kappa shape index (κ2) is 7.06. The van der Waals surface area contributed by atoms with Crippen molar-refractivity contribution in [1.29, 1.82) is 5.26 Å². The molecule has 0 amide bonds. The molecule has 1 aliphatic heterocycles. The Morgan fingerprint density at radius 2 is 2.23 bits per heavy atom. The Balaban J connectivity index is 1.61. The number of aromatic nitrogens is 2. The van der Waals surface area contributed by atoms with Crippen LogP contribution in [0.15, 0.2) is 22.7 Å². The Morgan fingerprint density at radius 3 is 2.96 bits per heavy atom. The van der Waals surface area contributed by atoms with E-state index in [2.05, 4.69) is 21.1 Å². The van der Waals surface area contributed by atoms with Crippen molar-refractivity contribution in [3.63, 3.8) is 0 Å². The summed E-state index contributed by atoms with van der Waals surface area (Å²) in [5.41, 5.74) is 1.58. The van der Waals surface area contributed by atoms with Crippen LogP contribution in [0.25, 0.3) is 0 Å². The minimum absolute atomic E-state index is 0.0543. The van der Waals surface area contributed by atoms with E-state index in [1.807, 2.05) is 19.1 Å². The van der Waals surface area contributed by atoms with Crippen LogP contribution in [-0.2, 0) is 11.3 Å². The van der Waals surface area contributed by atoms with Crippen LogP contribution in [0.3, 0.4) is 0 Å². The molecule has 2 aliphatic rings. The van der Waals surface area contributed by atoms with Crippen molar-refractivity contribution >= 4 is 0 Å². The SMILES string of the molecule is COc1ccc(C#N)cc1CN1CCO[C@H](C)[C@H]1c1nc(C2CC2)no1. The first-order valence-corrected chi connectivity index (χ1v) is 8.95. The largest absolute Gasteiger partial charge is 0.496 e. The van der Waals surface area contributed by atoms with Crippen LogP contribution >= 0.6 is 0 Å². The fraction of sp³-hybridized carbons (Fsp3) is 0.526. The van der Waals surface area contributed by atoms with Crippen LogP contribution in [0, 0.1) is 11.3 Å². The van der Waals surface area contributed by atoms with Gasteiger partial charge < -0.3 is 14.0 Å². The van der Waals surface area contributed by atoms with Crippen LogP contribution in [0.4, 0.5) is 0 Å². The quantitative estimate of drug-likeness (QED) is 0.816. The standard InChI is InChI=1S/C19H22N4O3/c1-12-17(19-21-18(22-26-19)14-4-5-14)23(7-8-25-12)11-15-9-13(10-20)3-6-16(15)24-2/h3,6,9,12,14,17H,4-5,7-8,11H2,1-2H3/t12-,17+/m1/s1. The first-order chi connectivity index (χ1) is 12.7. The molecular formula is C19H22N4O3.